The molecule has 0 aliphatic carbocycles. The number of hydrogen-bond acceptors (Lipinski definition) is 5. The van der Waals surface area contributed by atoms with Gasteiger partial charge in [-0.05, 0) is 36.4 Å². The molecule has 128 valence electrons. The van der Waals surface area contributed by atoms with E-state index in [1.54, 1.807) is 23.8 Å². The average Bonchev–Trinajstić information content (AvgIpc) is 3.06. The molecule has 0 saturated heterocycles. The van der Waals surface area contributed by atoms with E-state index >= 15 is 0 Å². The van der Waals surface area contributed by atoms with Crippen molar-refractivity contribution in [3.63, 3.8) is 0 Å². The van der Waals surface area contributed by atoms with Gasteiger partial charge in [0, 0.05) is 29.0 Å². The molecule has 3 aromatic rings. The van der Waals surface area contributed by atoms with E-state index in [0.717, 1.165) is 17.7 Å². The average molecular weight is 365 g/mol. The topological polar surface area (TPSA) is 64.1 Å². The molecule has 2 heterocycles. The Kier molecular flexibility index (Phi) is 4.66. The standard InChI is InChI=1S/C16H10F3N3O2S/c17-16(18,19)24-12-5-3-11(4-6-12)21-14(23)13-9-25-15(22-13)10-2-1-7-20-8-10/h1-9H,(H,21,23). The van der Waals surface area contributed by atoms with Crippen molar-refractivity contribution in [2.75, 3.05) is 5.32 Å². The minimum atomic E-state index is -4.76. The molecule has 0 saturated carbocycles. The minimum Gasteiger partial charge on any atom is -0.406 e. The molecule has 25 heavy (non-hydrogen) atoms. The first-order valence-electron chi connectivity index (χ1n) is 6.94. The molecule has 9 heteroatoms. The summed E-state index contributed by atoms with van der Waals surface area (Å²) < 4.78 is 40.1. The Morgan fingerprint density at radius 3 is 2.56 bits per heavy atom. The van der Waals surface area contributed by atoms with Crippen molar-refractivity contribution in [3.8, 4) is 16.3 Å². The smallest absolute Gasteiger partial charge is 0.406 e. The van der Waals surface area contributed by atoms with Gasteiger partial charge in [0.1, 0.15) is 16.5 Å². The van der Waals surface area contributed by atoms with Crippen LogP contribution in [0, 0.1) is 0 Å². The highest BCUT2D eigenvalue weighted by Gasteiger charge is 2.30. The third kappa shape index (κ3) is 4.54. The molecule has 1 aromatic carbocycles. The van der Waals surface area contributed by atoms with Crippen LogP contribution in [0.5, 0.6) is 5.75 Å². The lowest BCUT2D eigenvalue weighted by atomic mass is 10.3. The Labute approximate surface area is 144 Å². The first-order valence-corrected chi connectivity index (χ1v) is 7.82. The lowest BCUT2D eigenvalue weighted by Crippen LogP contribution is -2.17. The van der Waals surface area contributed by atoms with Gasteiger partial charge in [-0.3, -0.25) is 9.78 Å². The SMILES string of the molecule is O=C(Nc1ccc(OC(F)(F)F)cc1)c1csc(-c2cccnc2)n1. The van der Waals surface area contributed by atoms with E-state index in [2.05, 4.69) is 20.0 Å². The van der Waals surface area contributed by atoms with E-state index in [4.69, 9.17) is 0 Å². The summed E-state index contributed by atoms with van der Waals surface area (Å²) in [5.41, 5.74) is 1.33. The van der Waals surface area contributed by atoms with Gasteiger partial charge in [-0.2, -0.15) is 0 Å². The molecule has 0 aliphatic heterocycles. The number of nitrogens with one attached hydrogen (secondary N) is 1. The summed E-state index contributed by atoms with van der Waals surface area (Å²) in [5, 5.41) is 4.81. The number of pyridine rings is 1. The molecule has 0 spiro atoms. The zero-order valence-electron chi connectivity index (χ0n) is 12.4. The molecule has 1 N–H and O–H groups in total. The highest BCUT2D eigenvalue weighted by atomic mass is 32.1. The Balaban J connectivity index is 1.67. The van der Waals surface area contributed by atoms with Crippen LogP contribution in [-0.2, 0) is 0 Å². The van der Waals surface area contributed by atoms with Crippen molar-refractivity contribution in [2.24, 2.45) is 0 Å². The highest BCUT2D eigenvalue weighted by molar-refractivity contribution is 7.13. The molecule has 1 amide bonds. The van der Waals surface area contributed by atoms with Gasteiger partial charge in [-0.1, -0.05) is 0 Å². The van der Waals surface area contributed by atoms with E-state index in [1.165, 1.54) is 23.5 Å². The fourth-order valence-corrected chi connectivity index (χ4v) is 2.73. The Morgan fingerprint density at radius 2 is 1.92 bits per heavy atom. The third-order valence-electron chi connectivity index (χ3n) is 2.99. The van der Waals surface area contributed by atoms with Crippen LogP contribution in [0.3, 0.4) is 0 Å². The summed E-state index contributed by atoms with van der Waals surface area (Å²) in [4.78, 5) is 20.4. The number of thiazole rings is 1. The number of carbonyl (C=O) groups is 1. The van der Waals surface area contributed by atoms with Crippen LogP contribution in [0.1, 0.15) is 10.5 Å². The van der Waals surface area contributed by atoms with Crippen LogP contribution in [-0.4, -0.2) is 22.2 Å². The fourth-order valence-electron chi connectivity index (χ4n) is 1.93. The fraction of sp³-hybridized carbons (Fsp3) is 0.0625. The van der Waals surface area contributed by atoms with Crippen molar-refractivity contribution < 1.29 is 22.7 Å². The Bertz CT molecular complexity index is 864. The maximum atomic E-state index is 12.2. The van der Waals surface area contributed by atoms with Gasteiger partial charge in [0.2, 0.25) is 0 Å². The molecule has 0 unspecified atom stereocenters. The van der Waals surface area contributed by atoms with Gasteiger partial charge in [0.15, 0.2) is 0 Å². The maximum Gasteiger partial charge on any atom is 0.573 e. The number of alkyl halides is 3. The van der Waals surface area contributed by atoms with Crippen molar-refractivity contribution in [1.82, 2.24) is 9.97 Å². The monoisotopic (exact) mass is 365 g/mol. The van der Waals surface area contributed by atoms with Gasteiger partial charge in [-0.15, -0.1) is 24.5 Å². The highest BCUT2D eigenvalue weighted by Crippen LogP contribution is 2.25. The third-order valence-corrected chi connectivity index (χ3v) is 3.88. The first-order chi connectivity index (χ1) is 11.9. The summed E-state index contributed by atoms with van der Waals surface area (Å²) in [5.74, 6) is -0.825. The number of carbonyl (C=O) groups excluding carboxylic acids is 1. The predicted octanol–water partition coefficient (Wildman–Crippen LogP) is 4.36. The largest absolute Gasteiger partial charge is 0.573 e. The number of nitrogens with zero attached hydrogens (tertiary/aromatic N) is 2. The quantitative estimate of drug-likeness (QED) is 0.746. The number of halogens is 3. The number of amides is 1. The van der Waals surface area contributed by atoms with Crippen molar-refractivity contribution in [1.29, 1.82) is 0 Å². The summed E-state index contributed by atoms with van der Waals surface area (Å²) in [6, 6.07) is 8.45. The van der Waals surface area contributed by atoms with E-state index in [1.807, 2.05) is 6.07 Å². The van der Waals surface area contributed by atoms with Gasteiger partial charge in [0.25, 0.3) is 5.91 Å². The summed E-state index contributed by atoms with van der Waals surface area (Å²) in [6.45, 7) is 0. The minimum absolute atomic E-state index is 0.208. The lowest BCUT2D eigenvalue weighted by Gasteiger charge is -2.09. The van der Waals surface area contributed by atoms with E-state index in [0.29, 0.717) is 10.7 Å². The zero-order valence-corrected chi connectivity index (χ0v) is 13.3. The molecule has 0 bridgehead atoms. The summed E-state index contributed by atoms with van der Waals surface area (Å²) >= 11 is 1.29. The second-order valence-electron chi connectivity index (χ2n) is 4.81. The molecule has 0 fully saturated rings. The number of hydrogen-bond donors (Lipinski definition) is 1. The van der Waals surface area contributed by atoms with Crippen LogP contribution < -0.4 is 10.1 Å². The molecule has 5 nitrogen and oxygen atoms in total. The van der Waals surface area contributed by atoms with Gasteiger partial charge in [-0.25, -0.2) is 4.98 Å². The number of ether oxygens (including phenoxy) is 1. The number of rotatable bonds is 4. The van der Waals surface area contributed by atoms with Crippen molar-refractivity contribution >= 4 is 22.9 Å². The van der Waals surface area contributed by atoms with E-state index < -0.39 is 12.3 Å². The van der Waals surface area contributed by atoms with Gasteiger partial charge in [0.05, 0.1) is 0 Å². The second-order valence-corrected chi connectivity index (χ2v) is 5.66. The molecular weight excluding hydrogens is 355 g/mol. The summed E-state index contributed by atoms with van der Waals surface area (Å²) in [6.07, 6.45) is -1.48. The molecule has 0 atom stereocenters. The van der Waals surface area contributed by atoms with E-state index in [-0.39, 0.29) is 11.4 Å². The maximum absolute atomic E-state index is 12.2. The number of benzene rings is 1. The van der Waals surface area contributed by atoms with Crippen LogP contribution in [0.25, 0.3) is 10.6 Å². The molecule has 0 radical (unpaired) electrons. The number of anilines is 1. The number of aromatic nitrogens is 2. The van der Waals surface area contributed by atoms with Crippen LogP contribution >= 0.6 is 11.3 Å². The Morgan fingerprint density at radius 1 is 1.16 bits per heavy atom. The second kappa shape index (κ2) is 6.89. The Hall–Kier alpha value is -2.94. The molecule has 2 aromatic heterocycles. The van der Waals surface area contributed by atoms with Crippen LogP contribution in [0.4, 0.5) is 18.9 Å². The lowest BCUT2D eigenvalue weighted by molar-refractivity contribution is -0.274. The van der Waals surface area contributed by atoms with Crippen LogP contribution in [0.2, 0.25) is 0 Å². The molecule has 0 aliphatic rings. The van der Waals surface area contributed by atoms with Crippen LogP contribution in [0.15, 0.2) is 54.2 Å². The molecular formula is C16H10F3N3O2S. The first kappa shape index (κ1) is 16.9. The van der Waals surface area contributed by atoms with Crippen molar-refractivity contribution in [2.45, 2.75) is 6.36 Å². The van der Waals surface area contributed by atoms with E-state index in [9.17, 15) is 18.0 Å². The van der Waals surface area contributed by atoms with Crippen molar-refractivity contribution in [3.05, 3.63) is 59.9 Å². The normalized spacial score (nSPS) is 11.2. The summed E-state index contributed by atoms with van der Waals surface area (Å²) in [7, 11) is 0. The molecule has 3 rings (SSSR count). The van der Waals surface area contributed by atoms with Gasteiger partial charge >= 0.3 is 6.36 Å². The predicted molar refractivity (Wildman–Crippen MR) is 86.4 cm³/mol. The zero-order chi connectivity index (χ0) is 17.9. The van der Waals surface area contributed by atoms with Gasteiger partial charge < -0.3 is 10.1 Å².